The van der Waals surface area contributed by atoms with Crippen molar-refractivity contribution in [2.75, 3.05) is 0 Å². The van der Waals surface area contributed by atoms with E-state index in [2.05, 4.69) is 9.47 Å². The molecule has 3 heterocycles. The maximum Gasteiger partial charge on any atom is 0.518 e. The molecule has 0 aromatic heterocycles. The highest BCUT2D eigenvalue weighted by Gasteiger charge is 2.46. The maximum absolute atomic E-state index is 11.9. The minimum absolute atomic E-state index is 0.195. The molecule has 2 aliphatic carbocycles. The third kappa shape index (κ3) is 3.40. The van der Waals surface area contributed by atoms with Gasteiger partial charge < -0.3 is 28.4 Å². The molecule has 6 unspecified atom stereocenters. The second-order valence-corrected chi connectivity index (χ2v) is 6.98. The summed E-state index contributed by atoms with van der Waals surface area (Å²) in [6, 6.07) is 0. The Kier molecular flexibility index (Phi) is 4.33. The number of fused-ring (bicyclic) bond motifs is 6. The summed E-state index contributed by atoms with van der Waals surface area (Å²) in [6.45, 7) is 0. The van der Waals surface area contributed by atoms with Crippen LogP contribution in [0, 0.1) is 11.8 Å². The van der Waals surface area contributed by atoms with Gasteiger partial charge in [-0.05, 0) is 50.4 Å². The Morgan fingerprint density at radius 3 is 1.23 bits per heavy atom. The first-order valence-corrected chi connectivity index (χ1v) is 8.66. The molecule has 6 bridgehead atoms. The Morgan fingerprint density at radius 1 is 0.500 bits per heavy atom. The second-order valence-electron chi connectivity index (χ2n) is 6.98. The Morgan fingerprint density at radius 2 is 0.846 bits per heavy atom. The first-order valence-electron chi connectivity index (χ1n) is 8.66. The molecule has 26 heavy (non-hydrogen) atoms. The lowest BCUT2D eigenvalue weighted by molar-refractivity contribution is -0.0872. The Bertz CT molecular complexity index is 579. The molecule has 6 atom stereocenters. The van der Waals surface area contributed by atoms with Crippen LogP contribution < -0.4 is 0 Å². The van der Waals surface area contributed by atoms with Crippen molar-refractivity contribution < 1.29 is 47.6 Å². The van der Waals surface area contributed by atoms with Crippen molar-refractivity contribution >= 4 is 24.6 Å². The fraction of sp³-hybridized carbons (Fsp3) is 0.750. The molecule has 10 nitrogen and oxygen atoms in total. The second kappa shape index (κ2) is 6.65. The van der Waals surface area contributed by atoms with Crippen LogP contribution in [0.1, 0.15) is 38.5 Å². The highest BCUT2D eigenvalue weighted by atomic mass is 16.8. The molecule has 5 fully saturated rings. The average molecular weight is 370 g/mol. The predicted octanol–water partition coefficient (Wildman–Crippen LogP) is 2.67. The molecular formula is C16H18O10. The van der Waals surface area contributed by atoms with E-state index in [0.29, 0.717) is 25.7 Å². The lowest BCUT2D eigenvalue weighted by Gasteiger charge is -2.40. The lowest BCUT2D eigenvalue weighted by Crippen LogP contribution is -2.43. The molecule has 0 aromatic rings. The Balaban J connectivity index is 1.71. The highest BCUT2D eigenvalue weighted by molar-refractivity contribution is 5.78. The van der Waals surface area contributed by atoms with Crippen LogP contribution in [0.3, 0.4) is 0 Å². The number of carbonyl (C=O) groups excluding carboxylic acids is 4. The molecule has 3 saturated heterocycles. The van der Waals surface area contributed by atoms with E-state index >= 15 is 0 Å². The monoisotopic (exact) mass is 370 g/mol. The largest absolute Gasteiger partial charge is 0.518 e. The van der Waals surface area contributed by atoms with Gasteiger partial charge in [0.05, 0.1) is 0 Å². The van der Waals surface area contributed by atoms with Crippen molar-refractivity contribution in [3.63, 3.8) is 0 Å². The van der Waals surface area contributed by atoms with Crippen LogP contribution in [0.25, 0.3) is 0 Å². The maximum atomic E-state index is 11.9. The number of cyclic esters (lactones) is 2. The number of rotatable bonds is 0. The molecule has 5 rings (SSSR count). The highest BCUT2D eigenvalue weighted by Crippen LogP contribution is 2.42. The molecule has 3 aliphatic heterocycles. The van der Waals surface area contributed by atoms with Gasteiger partial charge in [-0.25, -0.2) is 19.2 Å². The van der Waals surface area contributed by atoms with E-state index in [0.717, 1.165) is 12.8 Å². The van der Waals surface area contributed by atoms with Gasteiger partial charge >= 0.3 is 24.6 Å². The molecule has 0 spiro atoms. The third-order valence-corrected chi connectivity index (χ3v) is 5.53. The van der Waals surface area contributed by atoms with Gasteiger partial charge in [0.25, 0.3) is 0 Å². The molecule has 0 amide bonds. The minimum Gasteiger partial charge on any atom is -0.427 e. The van der Waals surface area contributed by atoms with Crippen LogP contribution in [0.4, 0.5) is 19.2 Å². The van der Waals surface area contributed by atoms with Gasteiger partial charge in [0.15, 0.2) is 0 Å². The smallest absolute Gasteiger partial charge is 0.427 e. The lowest BCUT2D eigenvalue weighted by atomic mass is 9.70. The van der Waals surface area contributed by atoms with E-state index in [9.17, 15) is 19.2 Å². The van der Waals surface area contributed by atoms with Crippen molar-refractivity contribution in [2.24, 2.45) is 11.8 Å². The van der Waals surface area contributed by atoms with Gasteiger partial charge in [-0.2, -0.15) is 0 Å². The van der Waals surface area contributed by atoms with Crippen molar-refractivity contribution in [3.05, 3.63) is 0 Å². The first kappa shape index (κ1) is 16.9. The number of ether oxygens (including phenoxy) is 6. The molecule has 0 N–H and O–H groups in total. The van der Waals surface area contributed by atoms with Gasteiger partial charge in [-0.1, -0.05) is 0 Å². The van der Waals surface area contributed by atoms with Crippen molar-refractivity contribution in [1.29, 1.82) is 0 Å². The summed E-state index contributed by atoms with van der Waals surface area (Å²) in [5, 5.41) is 0. The van der Waals surface area contributed by atoms with Crippen LogP contribution in [0.15, 0.2) is 0 Å². The third-order valence-electron chi connectivity index (χ3n) is 5.53. The molecule has 142 valence electrons. The summed E-state index contributed by atoms with van der Waals surface area (Å²) in [6.07, 6.45) is -4.80. The topological polar surface area (TPSA) is 124 Å². The van der Waals surface area contributed by atoms with Crippen LogP contribution in [0.5, 0.6) is 0 Å². The van der Waals surface area contributed by atoms with Crippen molar-refractivity contribution in [2.45, 2.75) is 62.9 Å². The van der Waals surface area contributed by atoms with E-state index in [1.165, 1.54) is 0 Å². The zero-order valence-electron chi connectivity index (χ0n) is 13.8. The van der Waals surface area contributed by atoms with E-state index in [1.807, 2.05) is 0 Å². The number of hydrogen-bond acceptors (Lipinski definition) is 10. The van der Waals surface area contributed by atoms with Gasteiger partial charge in [-0.3, -0.25) is 0 Å². The molecule has 2 saturated carbocycles. The van der Waals surface area contributed by atoms with E-state index in [1.54, 1.807) is 0 Å². The standard InChI is InChI=1S/C16H18O10/c17-13-21-9-3-1-7-5-11(9)23-15(19)26-16(20)24-12-6-8(7)2-4-10(12)22-14(18)25-13/h7-12H,1-6H2. The van der Waals surface area contributed by atoms with Gasteiger partial charge in [0.1, 0.15) is 24.4 Å². The molecule has 0 aromatic carbocycles. The van der Waals surface area contributed by atoms with Crippen LogP contribution in [0.2, 0.25) is 0 Å². The summed E-state index contributed by atoms with van der Waals surface area (Å²) >= 11 is 0. The van der Waals surface area contributed by atoms with Crippen LogP contribution in [-0.4, -0.2) is 49.0 Å². The zero-order chi connectivity index (χ0) is 18.3. The van der Waals surface area contributed by atoms with Gasteiger partial charge in [0, 0.05) is 0 Å². The summed E-state index contributed by atoms with van der Waals surface area (Å²) in [5.74, 6) is 0.390. The summed E-state index contributed by atoms with van der Waals surface area (Å²) < 4.78 is 29.7. The van der Waals surface area contributed by atoms with E-state index in [4.69, 9.17) is 18.9 Å². The molecule has 0 radical (unpaired) electrons. The quantitative estimate of drug-likeness (QED) is 0.357. The summed E-state index contributed by atoms with van der Waals surface area (Å²) in [5.41, 5.74) is 0. The Hall–Kier alpha value is -2.52. The number of carbonyl (C=O) groups is 4. The first-order chi connectivity index (χ1) is 12.5. The van der Waals surface area contributed by atoms with Crippen LogP contribution in [-0.2, 0) is 28.4 Å². The minimum atomic E-state index is -1.22. The number of hydrogen-bond donors (Lipinski definition) is 0. The van der Waals surface area contributed by atoms with Gasteiger partial charge in [0.2, 0.25) is 0 Å². The van der Waals surface area contributed by atoms with E-state index in [-0.39, 0.29) is 11.8 Å². The van der Waals surface area contributed by atoms with Crippen molar-refractivity contribution in [1.82, 2.24) is 0 Å². The zero-order valence-corrected chi connectivity index (χ0v) is 13.8. The molecule has 10 heteroatoms. The molecule has 5 aliphatic rings. The van der Waals surface area contributed by atoms with Gasteiger partial charge in [-0.15, -0.1) is 0 Å². The van der Waals surface area contributed by atoms with Crippen LogP contribution >= 0.6 is 0 Å². The summed E-state index contributed by atoms with van der Waals surface area (Å²) in [4.78, 5) is 47.4. The Labute approximate surface area is 148 Å². The average Bonchev–Trinajstić information content (AvgIpc) is 2.57. The summed E-state index contributed by atoms with van der Waals surface area (Å²) in [7, 11) is 0. The fourth-order valence-corrected chi connectivity index (χ4v) is 4.37. The SMILES string of the molecule is O=C1OC(=O)OC2CCC3CC2OC(=O)OC(=O)OC2CC3CCC2O1. The predicted molar refractivity (Wildman–Crippen MR) is 77.9 cm³/mol. The normalized spacial score (nSPS) is 40.0. The molecular weight excluding hydrogens is 352 g/mol. The van der Waals surface area contributed by atoms with Crippen molar-refractivity contribution in [3.8, 4) is 0 Å². The fourth-order valence-electron chi connectivity index (χ4n) is 4.37. The van der Waals surface area contributed by atoms with E-state index < -0.39 is 49.0 Å².